The second-order valence-electron chi connectivity index (χ2n) is 4.89. The number of morpholine rings is 1. The van der Waals surface area contributed by atoms with Gasteiger partial charge in [0.05, 0.1) is 25.0 Å². The van der Waals surface area contributed by atoms with Crippen LogP contribution in [-0.4, -0.2) is 48.2 Å². The topological polar surface area (TPSA) is 45.1 Å². The number of fused-ring (bicyclic) bond motifs is 2. The van der Waals surface area contributed by atoms with Crippen LogP contribution in [0.2, 0.25) is 0 Å². The lowest BCUT2D eigenvalue weighted by Gasteiger charge is -2.36. The molecule has 0 radical (unpaired) electrons. The Morgan fingerprint density at radius 2 is 2.07 bits per heavy atom. The second kappa shape index (κ2) is 3.76. The zero-order chi connectivity index (χ0) is 10.3. The third-order valence-electron chi connectivity index (χ3n) is 4.20. The van der Waals surface area contributed by atoms with Crippen molar-refractivity contribution < 1.29 is 9.94 Å². The molecule has 0 aromatic heterocycles. The molecule has 84 valence electrons. The van der Waals surface area contributed by atoms with Gasteiger partial charge in [-0.25, -0.2) is 0 Å². The van der Waals surface area contributed by atoms with Crippen molar-refractivity contribution in [2.45, 2.75) is 25.3 Å². The zero-order valence-electron chi connectivity index (χ0n) is 8.93. The third-order valence-corrected chi connectivity index (χ3v) is 4.20. The molecule has 2 bridgehead atoms. The molecule has 0 aromatic carbocycles. The fourth-order valence-corrected chi connectivity index (χ4v) is 3.54. The SMILES string of the molecule is O/N=C1/[C@H]2CC[C@@H](C2)[C@H]1N1CCOCC1. The maximum absolute atomic E-state index is 9.12. The van der Waals surface area contributed by atoms with Crippen molar-refractivity contribution in [2.24, 2.45) is 17.0 Å². The third kappa shape index (κ3) is 1.47. The Hall–Kier alpha value is -0.610. The minimum absolute atomic E-state index is 0.414. The molecule has 3 fully saturated rings. The predicted molar refractivity (Wildman–Crippen MR) is 56.2 cm³/mol. The lowest BCUT2D eigenvalue weighted by Crippen LogP contribution is -2.49. The van der Waals surface area contributed by atoms with Crippen LogP contribution in [0.4, 0.5) is 0 Å². The summed E-state index contributed by atoms with van der Waals surface area (Å²) >= 11 is 0. The molecule has 3 atom stereocenters. The van der Waals surface area contributed by atoms with Gasteiger partial charge in [-0.15, -0.1) is 0 Å². The first-order valence-electron chi connectivity index (χ1n) is 5.94. The van der Waals surface area contributed by atoms with E-state index in [1.165, 1.54) is 19.3 Å². The number of nitrogens with zero attached hydrogens (tertiary/aromatic N) is 2. The number of hydrogen-bond donors (Lipinski definition) is 1. The van der Waals surface area contributed by atoms with Gasteiger partial charge >= 0.3 is 0 Å². The molecule has 1 heterocycles. The maximum atomic E-state index is 9.12. The molecule has 0 spiro atoms. The van der Waals surface area contributed by atoms with Crippen molar-refractivity contribution >= 4 is 5.71 Å². The van der Waals surface area contributed by atoms with Crippen LogP contribution < -0.4 is 0 Å². The number of hydrogen-bond acceptors (Lipinski definition) is 4. The first-order chi connectivity index (χ1) is 7.40. The highest BCUT2D eigenvalue weighted by molar-refractivity contribution is 5.94. The average Bonchev–Trinajstić information content (AvgIpc) is 2.89. The molecule has 3 aliphatic rings. The van der Waals surface area contributed by atoms with Crippen LogP contribution in [0.25, 0.3) is 0 Å². The fraction of sp³-hybridized carbons (Fsp3) is 0.909. The van der Waals surface area contributed by atoms with E-state index < -0.39 is 0 Å². The average molecular weight is 210 g/mol. The van der Waals surface area contributed by atoms with Gasteiger partial charge in [-0.3, -0.25) is 4.90 Å². The molecule has 4 nitrogen and oxygen atoms in total. The Kier molecular flexibility index (Phi) is 2.41. The molecule has 1 N–H and O–H groups in total. The van der Waals surface area contributed by atoms with Crippen molar-refractivity contribution in [2.75, 3.05) is 26.3 Å². The van der Waals surface area contributed by atoms with Crippen LogP contribution >= 0.6 is 0 Å². The number of oxime groups is 1. The minimum atomic E-state index is 0.414. The van der Waals surface area contributed by atoms with Gasteiger partial charge in [0, 0.05) is 19.0 Å². The van der Waals surface area contributed by atoms with Gasteiger partial charge < -0.3 is 9.94 Å². The summed E-state index contributed by atoms with van der Waals surface area (Å²) in [6.45, 7) is 3.64. The van der Waals surface area contributed by atoms with E-state index in [1.54, 1.807) is 0 Å². The molecule has 2 aliphatic carbocycles. The van der Waals surface area contributed by atoms with Gasteiger partial charge in [0.25, 0.3) is 0 Å². The van der Waals surface area contributed by atoms with Crippen LogP contribution in [0.15, 0.2) is 5.16 Å². The van der Waals surface area contributed by atoms with E-state index in [2.05, 4.69) is 10.1 Å². The maximum Gasteiger partial charge on any atom is 0.0775 e. The molecular weight excluding hydrogens is 192 g/mol. The molecule has 4 heteroatoms. The molecule has 1 aliphatic heterocycles. The molecule has 3 rings (SSSR count). The van der Waals surface area contributed by atoms with Gasteiger partial charge in [-0.1, -0.05) is 5.16 Å². The zero-order valence-corrected chi connectivity index (χ0v) is 8.93. The van der Waals surface area contributed by atoms with E-state index >= 15 is 0 Å². The van der Waals surface area contributed by atoms with Crippen LogP contribution in [0.3, 0.4) is 0 Å². The summed E-state index contributed by atoms with van der Waals surface area (Å²) in [6.07, 6.45) is 3.78. The van der Waals surface area contributed by atoms with Crippen molar-refractivity contribution in [3.05, 3.63) is 0 Å². The normalized spacial score (nSPS) is 44.0. The summed E-state index contributed by atoms with van der Waals surface area (Å²) < 4.78 is 5.36. The second-order valence-corrected chi connectivity index (χ2v) is 4.89. The van der Waals surface area contributed by atoms with E-state index in [0.717, 1.165) is 37.9 Å². The predicted octanol–water partition coefficient (Wildman–Crippen LogP) is 0.947. The Labute approximate surface area is 89.9 Å². The van der Waals surface area contributed by atoms with Crippen LogP contribution in [0.1, 0.15) is 19.3 Å². The van der Waals surface area contributed by atoms with Crippen LogP contribution in [-0.2, 0) is 4.74 Å². The van der Waals surface area contributed by atoms with Crippen molar-refractivity contribution in [1.82, 2.24) is 4.90 Å². The van der Waals surface area contributed by atoms with Crippen molar-refractivity contribution in [3.63, 3.8) is 0 Å². The smallest absolute Gasteiger partial charge is 0.0775 e. The van der Waals surface area contributed by atoms with E-state index in [0.29, 0.717) is 12.0 Å². The van der Waals surface area contributed by atoms with Crippen molar-refractivity contribution in [1.29, 1.82) is 0 Å². The molecule has 2 saturated carbocycles. The molecule has 1 saturated heterocycles. The Morgan fingerprint density at radius 1 is 1.27 bits per heavy atom. The molecular formula is C11H18N2O2. The lowest BCUT2D eigenvalue weighted by molar-refractivity contribution is 0.0199. The molecule has 0 amide bonds. The standard InChI is InChI=1S/C11H18N2O2/c14-12-10-8-1-2-9(7-8)11(10)13-3-5-15-6-4-13/h8-9,11,14H,1-7H2/b12-10-/t8-,9-,11+/m0/s1. The summed E-state index contributed by atoms with van der Waals surface area (Å²) in [5, 5.41) is 12.7. The van der Waals surface area contributed by atoms with E-state index in [9.17, 15) is 0 Å². The van der Waals surface area contributed by atoms with Gasteiger partial charge in [-0.05, 0) is 25.2 Å². The highest BCUT2D eigenvalue weighted by Crippen LogP contribution is 2.45. The Morgan fingerprint density at radius 3 is 2.80 bits per heavy atom. The van der Waals surface area contributed by atoms with Gasteiger partial charge in [0.1, 0.15) is 0 Å². The van der Waals surface area contributed by atoms with Crippen molar-refractivity contribution in [3.8, 4) is 0 Å². The van der Waals surface area contributed by atoms with E-state index in [1.807, 2.05) is 0 Å². The highest BCUT2D eigenvalue weighted by Gasteiger charge is 2.48. The summed E-state index contributed by atoms with van der Waals surface area (Å²) in [5.74, 6) is 1.30. The Bertz CT molecular complexity index is 274. The summed E-state index contributed by atoms with van der Waals surface area (Å²) in [5.41, 5.74) is 1.05. The number of rotatable bonds is 1. The van der Waals surface area contributed by atoms with Crippen LogP contribution in [0.5, 0.6) is 0 Å². The quantitative estimate of drug-likeness (QED) is 0.517. The monoisotopic (exact) mass is 210 g/mol. The first kappa shape index (κ1) is 9.60. The summed E-state index contributed by atoms with van der Waals surface area (Å²) in [4.78, 5) is 2.45. The van der Waals surface area contributed by atoms with E-state index in [-0.39, 0.29) is 0 Å². The molecule has 15 heavy (non-hydrogen) atoms. The first-order valence-corrected chi connectivity index (χ1v) is 5.94. The Balaban J connectivity index is 1.79. The molecule has 0 unspecified atom stereocenters. The highest BCUT2D eigenvalue weighted by atomic mass is 16.5. The summed E-state index contributed by atoms with van der Waals surface area (Å²) in [7, 11) is 0. The summed E-state index contributed by atoms with van der Waals surface area (Å²) in [6, 6.07) is 0.414. The number of ether oxygens (including phenoxy) is 1. The lowest BCUT2D eigenvalue weighted by atomic mass is 9.92. The fourth-order valence-electron chi connectivity index (χ4n) is 3.54. The van der Waals surface area contributed by atoms with Crippen LogP contribution in [0, 0.1) is 11.8 Å². The minimum Gasteiger partial charge on any atom is -0.411 e. The van der Waals surface area contributed by atoms with Gasteiger partial charge in [-0.2, -0.15) is 0 Å². The van der Waals surface area contributed by atoms with Gasteiger partial charge in [0.2, 0.25) is 0 Å². The molecule has 0 aromatic rings. The largest absolute Gasteiger partial charge is 0.411 e. The van der Waals surface area contributed by atoms with E-state index in [4.69, 9.17) is 9.94 Å². The van der Waals surface area contributed by atoms with Gasteiger partial charge in [0.15, 0.2) is 0 Å².